The first kappa shape index (κ1) is 19.7. The quantitative estimate of drug-likeness (QED) is 0.832. The van der Waals surface area contributed by atoms with Crippen molar-refractivity contribution in [2.24, 2.45) is 17.8 Å². The monoisotopic (exact) mass is 373 g/mol. The fourth-order valence-corrected chi connectivity index (χ4v) is 4.48. The SMILES string of the molecule is CC1CC(C)CN(Cc2ccccc2CNC(=O)N2CCC(C(=O)O)C2)C1. The fourth-order valence-electron chi connectivity index (χ4n) is 4.48. The van der Waals surface area contributed by atoms with Gasteiger partial charge in [-0.15, -0.1) is 0 Å². The molecule has 0 aliphatic carbocycles. The van der Waals surface area contributed by atoms with Gasteiger partial charge in [0.15, 0.2) is 0 Å². The number of carbonyl (C=O) groups is 2. The smallest absolute Gasteiger partial charge is 0.317 e. The van der Waals surface area contributed by atoms with Crippen molar-refractivity contribution < 1.29 is 14.7 Å². The number of benzene rings is 1. The number of piperidine rings is 1. The molecule has 3 atom stereocenters. The van der Waals surface area contributed by atoms with Crippen molar-refractivity contribution in [3.05, 3.63) is 35.4 Å². The molecule has 2 aliphatic rings. The minimum Gasteiger partial charge on any atom is -0.481 e. The molecule has 0 bridgehead atoms. The van der Waals surface area contributed by atoms with Crippen molar-refractivity contribution in [3.63, 3.8) is 0 Å². The van der Waals surface area contributed by atoms with Crippen molar-refractivity contribution >= 4 is 12.0 Å². The Balaban J connectivity index is 1.56. The first-order chi connectivity index (χ1) is 12.9. The number of hydrogen-bond acceptors (Lipinski definition) is 3. The van der Waals surface area contributed by atoms with E-state index in [0.717, 1.165) is 37.0 Å². The largest absolute Gasteiger partial charge is 0.481 e. The lowest BCUT2D eigenvalue weighted by Gasteiger charge is -2.35. The van der Waals surface area contributed by atoms with Gasteiger partial charge in [0.25, 0.3) is 0 Å². The molecule has 6 heteroatoms. The number of rotatable bonds is 5. The van der Waals surface area contributed by atoms with Crippen molar-refractivity contribution in [3.8, 4) is 0 Å². The molecule has 0 aromatic heterocycles. The summed E-state index contributed by atoms with van der Waals surface area (Å²) < 4.78 is 0. The summed E-state index contributed by atoms with van der Waals surface area (Å²) >= 11 is 0. The Labute approximate surface area is 161 Å². The number of aliphatic carboxylic acids is 1. The van der Waals surface area contributed by atoms with Crippen molar-refractivity contribution in [2.75, 3.05) is 26.2 Å². The molecule has 1 aromatic rings. The van der Waals surface area contributed by atoms with Crippen LogP contribution in [0.1, 0.15) is 37.8 Å². The van der Waals surface area contributed by atoms with Crippen LogP contribution in [0.25, 0.3) is 0 Å². The highest BCUT2D eigenvalue weighted by molar-refractivity contribution is 5.77. The molecule has 2 amide bonds. The van der Waals surface area contributed by atoms with Gasteiger partial charge in [0.2, 0.25) is 0 Å². The lowest BCUT2D eigenvalue weighted by atomic mass is 9.91. The van der Waals surface area contributed by atoms with Crippen LogP contribution in [0, 0.1) is 17.8 Å². The summed E-state index contributed by atoms with van der Waals surface area (Å²) in [6.45, 7) is 9.06. The van der Waals surface area contributed by atoms with E-state index in [1.165, 1.54) is 12.0 Å². The summed E-state index contributed by atoms with van der Waals surface area (Å²) in [5.41, 5.74) is 2.38. The maximum atomic E-state index is 12.4. The van der Waals surface area contributed by atoms with Crippen LogP contribution in [-0.2, 0) is 17.9 Å². The minimum absolute atomic E-state index is 0.172. The number of carboxylic acid groups (broad SMARTS) is 1. The van der Waals surface area contributed by atoms with Crippen LogP contribution < -0.4 is 5.32 Å². The summed E-state index contributed by atoms with van der Waals surface area (Å²) in [6.07, 6.45) is 1.83. The molecule has 27 heavy (non-hydrogen) atoms. The van der Waals surface area contributed by atoms with E-state index < -0.39 is 11.9 Å². The summed E-state index contributed by atoms with van der Waals surface area (Å²) in [5, 5.41) is 12.1. The molecule has 148 valence electrons. The highest BCUT2D eigenvalue weighted by Gasteiger charge is 2.30. The summed E-state index contributed by atoms with van der Waals surface area (Å²) in [4.78, 5) is 27.6. The number of amides is 2. The molecular formula is C21H31N3O3. The zero-order valence-electron chi connectivity index (χ0n) is 16.4. The normalized spacial score (nSPS) is 26.1. The van der Waals surface area contributed by atoms with Crippen LogP contribution in [-0.4, -0.2) is 53.1 Å². The van der Waals surface area contributed by atoms with Gasteiger partial charge in [-0.1, -0.05) is 38.1 Å². The van der Waals surface area contributed by atoms with Gasteiger partial charge in [-0.25, -0.2) is 4.79 Å². The van der Waals surface area contributed by atoms with Gasteiger partial charge < -0.3 is 15.3 Å². The van der Waals surface area contributed by atoms with Gasteiger partial charge in [0, 0.05) is 39.3 Å². The number of nitrogens with one attached hydrogen (secondary N) is 1. The first-order valence-corrected chi connectivity index (χ1v) is 9.97. The Hall–Kier alpha value is -2.08. The van der Waals surface area contributed by atoms with E-state index in [2.05, 4.69) is 42.3 Å². The molecule has 2 aliphatic heterocycles. The van der Waals surface area contributed by atoms with E-state index in [4.69, 9.17) is 5.11 Å². The van der Waals surface area contributed by atoms with Crippen LogP contribution in [0.5, 0.6) is 0 Å². The molecule has 2 fully saturated rings. The maximum Gasteiger partial charge on any atom is 0.317 e. The molecule has 3 unspecified atom stereocenters. The summed E-state index contributed by atoms with van der Waals surface area (Å²) in [5.74, 6) is 0.183. The van der Waals surface area contributed by atoms with E-state index in [1.54, 1.807) is 4.90 Å². The predicted molar refractivity (Wildman–Crippen MR) is 104 cm³/mol. The van der Waals surface area contributed by atoms with Crippen LogP contribution >= 0.6 is 0 Å². The second kappa shape index (κ2) is 8.74. The average molecular weight is 373 g/mol. The zero-order valence-corrected chi connectivity index (χ0v) is 16.4. The standard InChI is InChI=1S/C21H31N3O3/c1-15-9-16(2)12-23(11-15)13-18-6-4-3-5-17(18)10-22-21(27)24-8-7-19(14-24)20(25)26/h3-6,15-16,19H,7-14H2,1-2H3,(H,22,27)(H,25,26). The molecule has 2 saturated heterocycles. The average Bonchev–Trinajstić information content (AvgIpc) is 3.10. The number of likely N-dealkylation sites (tertiary alicyclic amines) is 2. The minimum atomic E-state index is -0.819. The van der Waals surface area contributed by atoms with Gasteiger partial charge in [-0.3, -0.25) is 9.69 Å². The van der Waals surface area contributed by atoms with E-state index in [0.29, 0.717) is 26.1 Å². The second-order valence-electron chi connectivity index (χ2n) is 8.34. The van der Waals surface area contributed by atoms with E-state index in [-0.39, 0.29) is 6.03 Å². The Morgan fingerprint density at radius 2 is 1.78 bits per heavy atom. The molecule has 1 aromatic carbocycles. The third-order valence-electron chi connectivity index (χ3n) is 5.71. The number of hydrogen-bond donors (Lipinski definition) is 2. The molecule has 0 saturated carbocycles. The molecule has 2 heterocycles. The second-order valence-corrected chi connectivity index (χ2v) is 8.34. The van der Waals surface area contributed by atoms with Crippen LogP contribution in [0.2, 0.25) is 0 Å². The van der Waals surface area contributed by atoms with Crippen LogP contribution in [0.3, 0.4) is 0 Å². The van der Waals surface area contributed by atoms with E-state index in [1.807, 2.05) is 6.07 Å². The van der Waals surface area contributed by atoms with E-state index in [9.17, 15) is 9.59 Å². The number of carbonyl (C=O) groups excluding carboxylic acids is 1. The summed E-state index contributed by atoms with van der Waals surface area (Å²) in [7, 11) is 0. The number of urea groups is 1. The van der Waals surface area contributed by atoms with Gasteiger partial charge >= 0.3 is 12.0 Å². The molecular weight excluding hydrogens is 342 g/mol. The van der Waals surface area contributed by atoms with Gasteiger partial charge in [0.1, 0.15) is 0 Å². The molecule has 0 spiro atoms. The van der Waals surface area contributed by atoms with Crippen molar-refractivity contribution in [1.29, 1.82) is 0 Å². The molecule has 6 nitrogen and oxygen atoms in total. The Morgan fingerprint density at radius 1 is 1.11 bits per heavy atom. The summed E-state index contributed by atoms with van der Waals surface area (Å²) in [6, 6.07) is 8.09. The van der Waals surface area contributed by atoms with Crippen molar-refractivity contribution in [2.45, 2.75) is 39.8 Å². The highest BCUT2D eigenvalue weighted by atomic mass is 16.4. The Kier molecular flexibility index (Phi) is 6.37. The predicted octanol–water partition coefficient (Wildman–Crippen LogP) is 2.78. The highest BCUT2D eigenvalue weighted by Crippen LogP contribution is 2.23. The topological polar surface area (TPSA) is 72.9 Å². The lowest BCUT2D eigenvalue weighted by Crippen LogP contribution is -2.39. The van der Waals surface area contributed by atoms with Crippen LogP contribution in [0.15, 0.2) is 24.3 Å². The van der Waals surface area contributed by atoms with Crippen molar-refractivity contribution in [1.82, 2.24) is 15.1 Å². The first-order valence-electron chi connectivity index (χ1n) is 9.97. The van der Waals surface area contributed by atoms with Gasteiger partial charge in [-0.05, 0) is 35.8 Å². The molecule has 0 radical (unpaired) electrons. The lowest BCUT2D eigenvalue weighted by molar-refractivity contribution is -0.141. The zero-order chi connectivity index (χ0) is 19.4. The third kappa shape index (κ3) is 5.22. The molecule has 2 N–H and O–H groups in total. The van der Waals surface area contributed by atoms with E-state index >= 15 is 0 Å². The number of carboxylic acids is 1. The Morgan fingerprint density at radius 3 is 2.41 bits per heavy atom. The Bertz CT molecular complexity index is 668. The molecule has 3 rings (SSSR count). The third-order valence-corrected chi connectivity index (χ3v) is 5.71. The number of nitrogens with zero attached hydrogens (tertiary/aromatic N) is 2. The van der Waals surface area contributed by atoms with Gasteiger partial charge in [0.05, 0.1) is 5.92 Å². The fraction of sp³-hybridized carbons (Fsp3) is 0.619. The van der Waals surface area contributed by atoms with Gasteiger partial charge in [-0.2, -0.15) is 0 Å². The maximum absolute atomic E-state index is 12.4. The van der Waals surface area contributed by atoms with Crippen LogP contribution in [0.4, 0.5) is 4.79 Å².